The zero-order valence-corrected chi connectivity index (χ0v) is 34.5. The second-order valence-corrected chi connectivity index (χ2v) is 16.4. The third-order valence-corrected chi connectivity index (χ3v) is 11.0. The van der Waals surface area contributed by atoms with Crippen molar-refractivity contribution < 1.29 is 24.0 Å². The van der Waals surface area contributed by atoms with E-state index in [4.69, 9.17) is 11.5 Å². The maximum Gasteiger partial charge on any atom is 0.245 e. The minimum atomic E-state index is -0.927. The van der Waals surface area contributed by atoms with Crippen molar-refractivity contribution in [2.24, 2.45) is 23.3 Å². The van der Waals surface area contributed by atoms with Crippen LogP contribution in [-0.2, 0) is 24.0 Å². The van der Waals surface area contributed by atoms with Crippen molar-refractivity contribution in [2.45, 2.75) is 187 Å². The van der Waals surface area contributed by atoms with Gasteiger partial charge in [0.15, 0.2) is 5.78 Å². The largest absolute Gasteiger partial charge is 0.343 e. The molecule has 0 bridgehead atoms. The molecule has 0 saturated carbocycles. The standard InChI is InChI=1S/C40H76N6O5S/c1-7-9-10-11-12-13-14-15-16-17-23-35(47)34-22-20-26-46(34)40(51)33(24-27-52-6)44-38(49)32(21-18-19-25-41)43-39(50)36(30(5)8-2)45-37(48)31(42)28-29(3)4/h29-34,36H,7-28,41-42H2,1-6H3,(H,43,50)(H,44,49)(H,45,48)/t30-,31-,32-,33-,34-,36-/m0/s1. The van der Waals surface area contributed by atoms with E-state index in [0.29, 0.717) is 70.2 Å². The first-order chi connectivity index (χ1) is 24.9. The van der Waals surface area contributed by atoms with Crippen molar-refractivity contribution >= 4 is 41.2 Å². The van der Waals surface area contributed by atoms with Crippen LogP contribution in [0.5, 0.6) is 0 Å². The Labute approximate surface area is 320 Å². The molecule has 0 radical (unpaired) electrons. The first kappa shape index (κ1) is 47.8. The number of unbranched alkanes of at least 4 members (excludes halogenated alkanes) is 10. The summed E-state index contributed by atoms with van der Waals surface area (Å²) in [6.45, 7) is 10.9. The Bertz CT molecular complexity index is 1050. The summed E-state index contributed by atoms with van der Waals surface area (Å²) >= 11 is 1.58. The molecule has 6 atom stereocenters. The van der Waals surface area contributed by atoms with E-state index in [1.165, 1.54) is 44.9 Å². The third-order valence-electron chi connectivity index (χ3n) is 10.3. The molecule has 1 aliphatic rings. The minimum Gasteiger partial charge on any atom is -0.343 e. The average molecular weight is 753 g/mol. The molecule has 1 aliphatic heterocycles. The lowest BCUT2D eigenvalue weighted by Crippen LogP contribution is -2.59. The summed E-state index contributed by atoms with van der Waals surface area (Å²) in [7, 11) is 0. The molecule has 1 heterocycles. The second kappa shape index (κ2) is 28.3. The van der Waals surface area contributed by atoms with Crippen LogP contribution >= 0.6 is 11.8 Å². The molecule has 12 heteroatoms. The normalized spacial score (nSPS) is 17.3. The van der Waals surface area contributed by atoms with Crippen LogP contribution in [-0.4, -0.2) is 89.6 Å². The third kappa shape index (κ3) is 18.7. The molecule has 0 aliphatic carbocycles. The highest BCUT2D eigenvalue weighted by Gasteiger charge is 2.38. The number of nitrogens with zero attached hydrogens (tertiary/aromatic N) is 1. The molecule has 0 aromatic carbocycles. The zero-order valence-electron chi connectivity index (χ0n) is 33.6. The number of hydrogen-bond donors (Lipinski definition) is 5. The van der Waals surface area contributed by atoms with E-state index in [-0.39, 0.29) is 23.5 Å². The lowest BCUT2D eigenvalue weighted by molar-refractivity contribution is -0.141. The number of Topliss-reactive ketones (excluding diaryl/α,β-unsaturated/α-hetero) is 1. The van der Waals surface area contributed by atoms with E-state index in [0.717, 1.165) is 25.7 Å². The fourth-order valence-corrected chi connectivity index (χ4v) is 7.36. The Morgan fingerprint density at radius 1 is 0.769 bits per heavy atom. The maximum absolute atomic E-state index is 14.0. The van der Waals surface area contributed by atoms with Crippen molar-refractivity contribution in [3.05, 3.63) is 0 Å². The first-order valence-electron chi connectivity index (χ1n) is 20.6. The van der Waals surface area contributed by atoms with Crippen LogP contribution in [0.1, 0.15) is 157 Å². The number of amides is 4. The Kier molecular flexibility index (Phi) is 26.0. The van der Waals surface area contributed by atoms with Crippen LogP contribution < -0.4 is 27.4 Å². The Morgan fingerprint density at radius 3 is 1.96 bits per heavy atom. The van der Waals surface area contributed by atoms with Crippen molar-refractivity contribution in [3.8, 4) is 0 Å². The lowest BCUT2D eigenvalue weighted by atomic mass is 9.96. The molecule has 52 heavy (non-hydrogen) atoms. The van der Waals surface area contributed by atoms with Crippen LogP contribution in [0.2, 0.25) is 0 Å². The van der Waals surface area contributed by atoms with Gasteiger partial charge >= 0.3 is 0 Å². The number of thioether (sulfide) groups is 1. The van der Waals surface area contributed by atoms with Gasteiger partial charge in [-0.3, -0.25) is 24.0 Å². The van der Waals surface area contributed by atoms with Gasteiger partial charge in [0.05, 0.1) is 12.1 Å². The summed E-state index contributed by atoms with van der Waals surface area (Å²) < 4.78 is 0. The van der Waals surface area contributed by atoms with Gasteiger partial charge in [0.25, 0.3) is 0 Å². The van der Waals surface area contributed by atoms with Gasteiger partial charge in [-0.2, -0.15) is 11.8 Å². The van der Waals surface area contributed by atoms with Crippen molar-refractivity contribution in [3.63, 3.8) is 0 Å². The quantitative estimate of drug-likeness (QED) is 0.0588. The fourth-order valence-electron chi connectivity index (χ4n) is 6.88. The summed E-state index contributed by atoms with van der Waals surface area (Å²) in [6, 6.07) is -3.83. The van der Waals surface area contributed by atoms with Gasteiger partial charge in [-0.05, 0) is 81.8 Å². The van der Waals surface area contributed by atoms with E-state index >= 15 is 0 Å². The second-order valence-electron chi connectivity index (χ2n) is 15.4. The van der Waals surface area contributed by atoms with Gasteiger partial charge in [-0.25, -0.2) is 0 Å². The molecule has 302 valence electrons. The van der Waals surface area contributed by atoms with Gasteiger partial charge in [-0.1, -0.05) is 98.8 Å². The minimum absolute atomic E-state index is 0.110. The summed E-state index contributed by atoms with van der Waals surface area (Å²) in [6.07, 6.45) is 18.9. The number of rotatable bonds is 30. The number of nitrogens with one attached hydrogen (secondary N) is 3. The molecule has 0 aromatic heterocycles. The number of likely N-dealkylation sites (tertiary alicyclic amines) is 1. The zero-order chi connectivity index (χ0) is 38.9. The topological polar surface area (TPSA) is 177 Å². The highest BCUT2D eigenvalue weighted by Crippen LogP contribution is 2.23. The van der Waals surface area contributed by atoms with E-state index < -0.39 is 47.9 Å². The molecule has 11 nitrogen and oxygen atoms in total. The Hall–Kier alpha value is -2.18. The highest BCUT2D eigenvalue weighted by molar-refractivity contribution is 7.98. The van der Waals surface area contributed by atoms with E-state index in [9.17, 15) is 24.0 Å². The van der Waals surface area contributed by atoms with Gasteiger partial charge < -0.3 is 32.3 Å². The molecule has 4 amide bonds. The van der Waals surface area contributed by atoms with Crippen molar-refractivity contribution in [2.75, 3.05) is 25.1 Å². The van der Waals surface area contributed by atoms with E-state index in [1.54, 1.807) is 16.7 Å². The number of carbonyl (C=O) groups is 5. The predicted molar refractivity (Wildman–Crippen MR) is 215 cm³/mol. The molecular weight excluding hydrogens is 677 g/mol. The van der Waals surface area contributed by atoms with Crippen LogP contribution in [0.25, 0.3) is 0 Å². The van der Waals surface area contributed by atoms with Gasteiger partial charge in [0.1, 0.15) is 18.1 Å². The molecular formula is C40H76N6O5S. The fraction of sp³-hybridized carbons (Fsp3) is 0.875. The van der Waals surface area contributed by atoms with Gasteiger partial charge in [-0.15, -0.1) is 0 Å². The first-order valence-corrected chi connectivity index (χ1v) is 22.0. The summed E-state index contributed by atoms with van der Waals surface area (Å²) in [5.41, 5.74) is 11.9. The number of ketones is 1. The highest BCUT2D eigenvalue weighted by atomic mass is 32.2. The molecule has 0 unspecified atom stereocenters. The van der Waals surface area contributed by atoms with Gasteiger partial charge in [0, 0.05) is 13.0 Å². The average Bonchev–Trinajstić information content (AvgIpc) is 3.61. The van der Waals surface area contributed by atoms with Crippen LogP contribution in [0.4, 0.5) is 0 Å². The number of carbonyl (C=O) groups excluding carboxylic acids is 5. The van der Waals surface area contributed by atoms with E-state index in [1.807, 2.05) is 34.0 Å². The summed E-state index contributed by atoms with van der Waals surface area (Å²) in [5.74, 6) is -0.791. The maximum atomic E-state index is 14.0. The van der Waals surface area contributed by atoms with E-state index in [2.05, 4.69) is 22.9 Å². The van der Waals surface area contributed by atoms with Gasteiger partial charge in [0.2, 0.25) is 23.6 Å². The number of hydrogen-bond acceptors (Lipinski definition) is 8. The lowest BCUT2D eigenvalue weighted by Gasteiger charge is -2.31. The molecule has 1 fully saturated rings. The molecule has 1 rings (SSSR count). The number of nitrogens with two attached hydrogens (primary N) is 2. The van der Waals surface area contributed by atoms with Crippen molar-refractivity contribution in [1.29, 1.82) is 0 Å². The predicted octanol–water partition coefficient (Wildman–Crippen LogP) is 5.61. The Morgan fingerprint density at radius 2 is 1.38 bits per heavy atom. The summed E-state index contributed by atoms with van der Waals surface area (Å²) in [5, 5.41) is 8.69. The summed E-state index contributed by atoms with van der Waals surface area (Å²) in [4.78, 5) is 69.6. The SMILES string of the molecule is CCCCCCCCCCCCC(=O)[C@@H]1CCCN1C(=O)[C@H](CCSC)NC(=O)[C@H](CCCCN)NC(=O)[C@@H](NC(=O)[C@@H](N)CC(C)C)[C@@H](C)CC. The van der Waals surface area contributed by atoms with Crippen molar-refractivity contribution in [1.82, 2.24) is 20.9 Å². The van der Waals surface area contributed by atoms with Crippen LogP contribution in [0, 0.1) is 11.8 Å². The molecule has 7 N–H and O–H groups in total. The van der Waals surface area contributed by atoms with Crippen LogP contribution in [0.15, 0.2) is 0 Å². The molecule has 1 saturated heterocycles. The van der Waals surface area contributed by atoms with Crippen LogP contribution in [0.3, 0.4) is 0 Å². The Balaban J connectivity index is 2.96. The monoisotopic (exact) mass is 753 g/mol. The molecule has 0 spiro atoms. The molecule has 0 aromatic rings. The smallest absolute Gasteiger partial charge is 0.245 e.